The van der Waals surface area contributed by atoms with Gasteiger partial charge in [0, 0.05) is 39.2 Å². The molecule has 110 heavy (non-hydrogen) atoms. The molecule has 5 aliphatic rings. The average Bonchev–Trinajstić information content (AvgIpc) is 1.48. The fourth-order valence-corrected chi connectivity index (χ4v) is 17.6. The third-order valence-electron chi connectivity index (χ3n) is 22.8. The Morgan fingerprint density at radius 3 is 0.936 bits per heavy atom. The summed E-state index contributed by atoms with van der Waals surface area (Å²) in [6, 6.07) is 133. The smallest absolute Gasteiger partial charge is 0.399 e. The van der Waals surface area contributed by atoms with E-state index in [0.29, 0.717) is 0 Å². The summed E-state index contributed by atoms with van der Waals surface area (Å²) in [5.41, 5.74) is 29.7. The zero-order valence-electron chi connectivity index (χ0n) is 61.3. The fourth-order valence-electron chi connectivity index (χ4n) is 17.4. The van der Waals surface area contributed by atoms with E-state index in [0.717, 1.165) is 73.3 Å². The van der Waals surface area contributed by atoms with Gasteiger partial charge >= 0.3 is 7.12 Å². The van der Waals surface area contributed by atoms with Crippen LogP contribution in [0.1, 0.15) is 72.2 Å². The first kappa shape index (κ1) is 67.7. The summed E-state index contributed by atoms with van der Waals surface area (Å²) in [7, 11) is -0.479. The van der Waals surface area contributed by atoms with Crippen LogP contribution in [0.2, 0.25) is 5.28 Å². The molecule has 2 aliphatic carbocycles. The van der Waals surface area contributed by atoms with Crippen molar-refractivity contribution in [2.45, 2.75) is 49.7 Å². The lowest BCUT2D eigenvalue weighted by atomic mass is 9.60. The van der Waals surface area contributed by atoms with Crippen molar-refractivity contribution in [3.63, 3.8) is 0 Å². The molecular formula is C100H74BClN6O2. The van der Waals surface area contributed by atoms with Gasteiger partial charge in [0.1, 0.15) is 0 Å². The molecule has 0 bridgehead atoms. The van der Waals surface area contributed by atoms with Gasteiger partial charge in [0.15, 0.2) is 5.82 Å². The molecule has 0 radical (unpaired) electrons. The predicted molar refractivity (Wildman–Crippen MR) is 450 cm³/mol. The van der Waals surface area contributed by atoms with Crippen LogP contribution in [0.15, 0.2) is 376 Å². The van der Waals surface area contributed by atoms with Crippen molar-refractivity contribution in [2.75, 3.05) is 9.80 Å². The molecule has 0 amide bonds. The molecule has 2 spiro atoms. The molecule has 0 unspecified atom stereocenters. The van der Waals surface area contributed by atoms with Crippen LogP contribution < -0.4 is 15.3 Å². The van der Waals surface area contributed by atoms with E-state index in [1.54, 1.807) is 0 Å². The van der Waals surface area contributed by atoms with Crippen LogP contribution in [0.3, 0.4) is 0 Å². The van der Waals surface area contributed by atoms with Crippen LogP contribution in [-0.4, -0.2) is 38.3 Å². The Morgan fingerprint density at radius 2 is 0.555 bits per heavy atom. The molecule has 21 rings (SSSR count). The molecule has 1 saturated heterocycles. The van der Waals surface area contributed by atoms with E-state index in [-0.39, 0.29) is 5.28 Å². The van der Waals surface area contributed by atoms with Crippen molar-refractivity contribution in [3.05, 3.63) is 426 Å². The van der Waals surface area contributed by atoms with Gasteiger partial charge in [-0.25, -0.2) is 19.9 Å². The van der Waals surface area contributed by atoms with E-state index in [1.807, 2.05) is 78.9 Å². The van der Waals surface area contributed by atoms with E-state index in [4.69, 9.17) is 30.9 Å². The Hall–Kier alpha value is -12.9. The second kappa shape index (κ2) is 27.4. The maximum Gasteiger partial charge on any atom is 0.495 e. The maximum absolute atomic E-state index is 6.74. The standard InChI is InChI=1S/C47H31N3.C37H32BNO2.C16H11ClN2/c1-4-17-32(18-5-1)41-31-42(33-19-6-2-7-20-33)49-46(48-41)37-25-16-24-36-35-23-10-11-26-38(35)47(45(36)37)39-27-12-14-29-43(39)50(34-21-8-3-9-22-34)44-30-15-13-28-40(44)47;1-35(2)36(3,4)41-38(40-35)31-22-14-18-27-26-17-8-9-19-28(26)37(34(27)31)29-20-10-12-23-32(29)39(25-15-6-5-7-16-25)33-24-13-11-21-30(33)37;17-16-18-14(12-7-3-1-4-8-12)11-15(19-16)13-9-5-2-6-10-13/h1-31H;5-24H,1-4H3;1-11H. The normalized spacial score (nSPS) is 14.8. The van der Waals surface area contributed by atoms with Crippen molar-refractivity contribution < 1.29 is 9.31 Å². The van der Waals surface area contributed by atoms with Gasteiger partial charge in [0.05, 0.1) is 67.6 Å². The number of anilines is 6. The SMILES string of the molecule is CC1(C)OB(c2cccc3c2C2(c4ccccc4-3)c3ccccc3N(c3ccccc3)c3ccccc32)OC1(C)C.Clc1nc(-c2ccccc2)cc(-c2ccccc2)n1.c1ccc(-c2cc(-c3ccccc3)nc(-c3cccc4c3C3(c5ccccc5-4)c4ccccc4N(c4ccccc4)c4ccccc43)n2)cc1. The zero-order valence-corrected chi connectivity index (χ0v) is 62.0. The molecule has 526 valence electrons. The van der Waals surface area contributed by atoms with Gasteiger partial charge < -0.3 is 19.1 Å². The number of para-hydroxylation sites is 6. The van der Waals surface area contributed by atoms with Crippen LogP contribution >= 0.6 is 11.6 Å². The van der Waals surface area contributed by atoms with Gasteiger partial charge in [-0.1, -0.05) is 315 Å². The molecule has 0 N–H and O–H groups in total. The van der Waals surface area contributed by atoms with Gasteiger partial charge in [0.2, 0.25) is 5.28 Å². The molecule has 16 aromatic rings. The lowest BCUT2D eigenvalue weighted by molar-refractivity contribution is 0.00578. The van der Waals surface area contributed by atoms with Crippen molar-refractivity contribution in [3.8, 4) is 78.7 Å². The minimum atomic E-state index is -0.611. The number of hydrogen-bond acceptors (Lipinski definition) is 8. The van der Waals surface area contributed by atoms with Crippen molar-refractivity contribution in [1.82, 2.24) is 19.9 Å². The summed E-state index contributed by atoms with van der Waals surface area (Å²) in [5, 5.41) is 0.264. The van der Waals surface area contributed by atoms with Crippen LogP contribution in [0.4, 0.5) is 34.1 Å². The summed E-state index contributed by atoms with van der Waals surface area (Å²) in [4.78, 5) is 24.1. The first-order chi connectivity index (χ1) is 54.0. The summed E-state index contributed by atoms with van der Waals surface area (Å²) < 4.78 is 13.5. The molecular weight excluding hydrogens is 1360 g/mol. The largest absolute Gasteiger partial charge is 0.495 e. The van der Waals surface area contributed by atoms with Gasteiger partial charge in [-0.15, -0.1) is 0 Å². The Balaban J connectivity index is 0.000000122. The van der Waals surface area contributed by atoms with E-state index in [2.05, 4.69) is 345 Å². The van der Waals surface area contributed by atoms with Crippen LogP contribution in [-0.2, 0) is 20.1 Å². The predicted octanol–water partition coefficient (Wildman–Crippen LogP) is 24.2. The monoisotopic (exact) mass is 1440 g/mol. The topological polar surface area (TPSA) is 76.5 Å². The minimum Gasteiger partial charge on any atom is -0.399 e. The molecule has 5 heterocycles. The van der Waals surface area contributed by atoms with E-state index >= 15 is 0 Å². The number of rotatable bonds is 8. The number of fused-ring (bicyclic) bond motifs is 18. The molecule has 10 heteroatoms. The van der Waals surface area contributed by atoms with Gasteiger partial charge in [0.25, 0.3) is 0 Å². The minimum absolute atomic E-state index is 0.264. The number of benzene rings is 14. The lowest BCUT2D eigenvalue weighted by Crippen LogP contribution is -2.44. The molecule has 0 atom stereocenters. The molecule has 3 aliphatic heterocycles. The van der Waals surface area contributed by atoms with E-state index in [1.165, 1.54) is 89.5 Å². The first-order valence-electron chi connectivity index (χ1n) is 37.6. The Labute approximate surface area is 647 Å². The summed E-state index contributed by atoms with van der Waals surface area (Å²) in [6.45, 7) is 8.51. The Kier molecular flexibility index (Phi) is 16.9. The van der Waals surface area contributed by atoms with E-state index < -0.39 is 29.2 Å². The second-order valence-corrected chi connectivity index (χ2v) is 29.8. The quantitative estimate of drug-likeness (QED) is 0.110. The van der Waals surface area contributed by atoms with Crippen LogP contribution in [0.5, 0.6) is 0 Å². The molecule has 8 nitrogen and oxygen atoms in total. The van der Waals surface area contributed by atoms with Gasteiger partial charge in [-0.2, -0.15) is 0 Å². The third-order valence-corrected chi connectivity index (χ3v) is 23.0. The number of hydrogen-bond donors (Lipinski definition) is 0. The highest BCUT2D eigenvalue weighted by atomic mass is 35.5. The highest BCUT2D eigenvalue weighted by Crippen LogP contribution is 2.66. The van der Waals surface area contributed by atoms with Crippen LogP contribution in [0, 0.1) is 0 Å². The molecule has 14 aromatic carbocycles. The maximum atomic E-state index is 6.74. The zero-order chi connectivity index (χ0) is 74.1. The number of halogens is 1. The Morgan fingerprint density at radius 1 is 0.273 bits per heavy atom. The lowest BCUT2D eigenvalue weighted by Gasteiger charge is -2.45. The van der Waals surface area contributed by atoms with Gasteiger partial charge in [-0.05, 0) is 172 Å². The molecule has 2 aromatic heterocycles. The summed E-state index contributed by atoms with van der Waals surface area (Å²) in [5.74, 6) is 0.717. The van der Waals surface area contributed by atoms with Crippen molar-refractivity contribution in [2.24, 2.45) is 0 Å². The number of nitrogens with zero attached hydrogens (tertiary/aromatic N) is 6. The third kappa shape index (κ3) is 11.1. The first-order valence-corrected chi connectivity index (χ1v) is 37.9. The second-order valence-electron chi connectivity index (χ2n) is 29.4. The molecule has 1 fully saturated rings. The summed E-state index contributed by atoms with van der Waals surface area (Å²) in [6.07, 6.45) is 0. The number of aromatic nitrogens is 4. The van der Waals surface area contributed by atoms with Crippen molar-refractivity contribution in [1.29, 1.82) is 0 Å². The summed E-state index contributed by atoms with van der Waals surface area (Å²) >= 11 is 6.03. The van der Waals surface area contributed by atoms with Crippen LogP contribution in [0.25, 0.3) is 78.7 Å². The Bertz CT molecular complexity index is 5940. The molecule has 0 saturated carbocycles. The van der Waals surface area contributed by atoms with E-state index in [9.17, 15) is 0 Å². The van der Waals surface area contributed by atoms with Gasteiger partial charge in [-0.3, -0.25) is 0 Å². The van der Waals surface area contributed by atoms with Crippen molar-refractivity contribution >= 4 is 58.3 Å². The highest BCUT2D eigenvalue weighted by molar-refractivity contribution is 6.63. The average molecular weight is 1440 g/mol. The fraction of sp³-hybridized carbons (Fsp3) is 0.0800. The highest BCUT2D eigenvalue weighted by Gasteiger charge is 2.58.